The first-order valence-electron chi connectivity index (χ1n) is 9.72. The molecule has 1 amide bonds. The maximum Gasteiger partial charge on any atom is 0.307 e. The Bertz CT molecular complexity index is 962. The summed E-state index contributed by atoms with van der Waals surface area (Å²) in [6.45, 7) is 1.70. The SMILES string of the molecule is Cc1cccc(N(C)C(=O)COC(CC(=O)O)(c2ccccc2)c2ccccc2)c1. The van der Waals surface area contributed by atoms with E-state index in [2.05, 4.69) is 0 Å². The Morgan fingerprint density at radius 1 is 0.900 bits per heavy atom. The normalized spacial score (nSPS) is 11.1. The van der Waals surface area contributed by atoms with Crippen LogP contribution in [0.3, 0.4) is 0 Å². The van der Waals surface area contributed by atoms with Crippen LogP contribution in [-0.2, 0) is 19.9 Å². The van der Waals surface area contributed by atoms with E-state index < -0.39 is 11.6 Å². The molecule has 0 aliphatic rings. The number of carboxylic acid groups (broad SMARTS) is 1. The average molecular weight is 403 g/mol. The summed E-state index contributed by atoms with van der Waals surface area (Å²) in [6.07, 6.45) is -0.303. The lowest BCUT2D eigenvalue weighted by molar-refractivity contribution is -0.147. The summed E-state index contributed by atoms with van der Waals surface area (Å²) in [5, 5.41) is 9.68. The average Bonchev–Trinajstić information content (AvgIpc) is 2.77. The second kappa shape index (κ2) is 9.37. The van der Waals surface area contributed by atoms with Gasteiger partial charge in [0.25, 0.3) is 5.91 Å². The Kier molecular flexibility index (Phi) is 6.65. The van der Waals surface area contributed by atoms with E-state index >= 15 is 0 Å². The van der Waals surface area contributed by atoms with E-state index in [9.17, 15) is 14.7 Å². The molecule has 0 aliphatic carbocycles. The third kappa shape index (κ3) is 4.75. The number of amides is 1. The second-order valence-corrected chi connectivity index (χ2v) is 7.21. The smallest absolute Gasteiger partial charge is 0.307 e. The number of rotatable bonds is 8. The van der Waals surface area contributed by atoms with Gasteiger partial charge in [-0.3, -0.25) is 9.59 Å². The van der Waals surface area contributed by atoms with Crippen LogP contribution in [0.25, 0.3) is 0 Å². The number of anilines is 1. The second-order valence-electron chi connectivity index (χ2n) is 7.21. The van der Waals surface area contributed by atoms with Crippen LogP contribution in [0.2, 0.25) is 0 Å². The van der Waals surface area contributed by atoms with Crippen LogP contribution in [0.4, 0.5) is 5.69 Å². The minimum atomic E-state index is -1.28. The Balaban J connectivity index is 1.94. The minimum Gasteiger partial charge on any atom is -0.481 e. The molecule has 1 N–H and O–H groups in total. The van der Waals surface area contributed by atoms with Gasteiger partial charge in [0.15, 0.2) is 0 Å². The zero-order chi connectivity index (χ0) is 21.6. The highest BCUT2D eigenvalue weighted by molar-refractivity contribution is 5.93. The van der Waals surface area contributed by atoms with Crippen LogP contribution < -0.4 is 4.90 Å². The lowest BCUT2D eigenvalue weighted by Crippen LogP contribution is -2.39. The molecule has 0 fully saturated rings. The molecule has 5 nitrogen and oxygen atoms in total. The zero-order valence-corrected chi connectivity index (χ0v) is 17.1. The van der Waals surface area contributed by atoms with Crippen LogP contribution in [0.5, 0.6) is 0 Å². The molecule has 0 saturated heterocycles. The number of aryl methyl sites for hydroxylation is 1. The monoisotopic (exact) mass is 403 g/mol. The number of carbonyl (C=O) groups is 2. The summed E-state index contributed by atoms with van der Waals surface area (Å²) in [7, 11) is 1.68. The fourth-order valence-electron chi connectivity index (χ4n) is 3.48. The van der Waals surface area contributed by atoms with Crippen molar-refractivity contribution in [1.29, 1.82) is 0 Å². The van der Waals surface area contributed by atoms with Crippen LogP contribution in [0.15, 0.2) is 84.9 Å². The lowest BCUT2D eigenvalue weighted by Gasteiger charge is -2.34. The van der Waals surface area contributed by atoms with Gasteiger partial charge in [-0.25, -0.2) is 0 Å². The molecule has 3 rings (SSSR count). The van der Waals surface area contributed by atoms with Crippen molar-refractivity contribution in [2.75, 3.05) is 18.6 Å². The molecule has 0 spiro atoms. The van der Waals surface area contributed by atoms with Crippen molar-refractivity contribution in [3.63, 3.8) is 0 Å². The van der Waals surface area contributed by atoms with Crippen molar-refractivity contribution in [3.05, 3.63) is 102 Å². The molecule has 5 heteroatoms. The Hall–Kier alpha value is -3.44. The first-order valence-corrected chi connectivity index (χ1v) is 9.72. The highest BCUT2D eigenvalue weighted by atomic mass is 16.5. The van der Waals surface area contributed by atoms with Gasteiger partial charge < -0.3 is 14.7 Å². The molecule has 0 unspecified atom stereocenters. The van der Waals surface area contributed by atoms with Crippen LogP contribution in [-0.4, -0.2) is 30.6 Å². The number of carboxylic acids is 1. The van der Waals surface area contributed by atoms with Gasteiger partial charge in [0.05, 0.1) is 6.42 Å². The molecule has 3 aromatic rings. The fourth-order valence-corrected chi connectivity index (χ4v) is 3.48. The van der Waals surface area contributed by atoms with Gasteiger partial charge in [0.1, 0.15) is 12.2 Å². The standard InChI is InChI=1S/C25H25NO4/c1-19-10-9-15-22(16-19)26(2)23(27)18-30-25(17-24(28)29,20-11-5-3-6-12-20)21-13-7-4-8-14-21/h3-16H,17-18H2,1-2H3,(H,28,29). The van der Waals surface area contributed by atoms with Gasteiger partial charge in [-0.1, -0.05) is 72.8 Å². The number of benzene rings is 3. The number of aliphatic carboxylic acids is 1. The van der Waals surface area contributed by atoms with Gasteiger partial charge in [0, 0.05) is 12.7 Å². The number of hydrogen-bond donors (Lipinski definition) is 1. The Morgan fingerprint density at radius 3 is 1.97 bits per heavy atom. The highest BCUT2D eigenvalue weighted by Gasteiger charge is 2.38. The minimum absolute atomic E-state index is 0.262. The van der Waals surface area contributed by atoms with Crippen molar-refractivity contribution in [1.82, 2.24) is 0 Å². The molecule has 0 heterocycles. The van der Waals surface area contributed by atoms with Gasteiger partial charge in [-0.05, 0) is 35.7 Å². The van der Waals surface area contributed by atoms with Gasteiger partial charge in [-0.15, -0.1) is 0 Å². The highest BCUT2D eigenvalue weighted by Crippen LogP contribution is 2.37. The summed E-state index contributed by atoms with van der Waals surface area (Å²) < 4.78 is 6.18. The summed E-state index contributed by atoms with van der Waals surface area (Å²) in [6, 6.07) is 26.0. The predicted octanol–water partition coefficient (Wildman–Crippen LogP) is 4.39. The summed E-state index contributed by atoms with van der Waals surface area (Å²) >= 11 is 0. The van der Waals surface area contributed by atoms with E-state index in [1.54, 1.807) is 7.05 Å². The van der Waals surface area contributed by atoms with Crippen molar-refractivity contribution in [2.45, 2.75) is 18.9 Å². The van der Waals surface area contributed by atoms with Crippen molar-refractivity contribution in [2.24, 2.45) is 0 Å². The Labute approximate surface area is 176 Å². The van der Waals surface area contributed by atoms with Crippen molar-refractivity contribution < 1.29 is 19.4 Å². The molecule has 3 aromatic carbocycles. The molecule has 0 aromatic heterocycles. The van der Waals surface area contributed by atoms with E-state index in [0.29, 0.717) is 11.1 Å². The molecular weight excluding hydrogens is 378 g/mol. The number of ether oxygens (including phenoxy) is 1. The molecule has 0 saturated carbocycles. The third-order valence-corrected chi connectivity index (χ3v) is 5.09. The number of carbonyl (C=O) groups excluding carboxylic acids is 1. The van der Waals surface area contributed by atoms with E-state index in [4.69, 9.17) is 4.74 Å². The maximum atomic E-state index is 12.9. The first kappa shape index (κ1) is 21.3. The third-order valence-electron chi connectivity index (χ3n) is 5.09. The molecular formula is C25H25NO4. The molecule has 0 radical (unpaired) electrons. The molecule has 30 heavy (non-hydrogen) atoms. The van der Waals surface area contributed by atoms with Gasteiger partial charge in [-0.2, -0.15) is 0 Å². The molecule has 0 atom stereocenters. The van der Waals surface area contributed by atoms with Crippen molar-refractivity contribution in [3.8, 4) is 0 Å². The molecule has 154 valence electrons. The molecule has 0 aliphatic heterocycles. The Morgan fingerprint density at radius 2 is 1.47 bits per heavy atom. The van der Waals surface area contributed by atoms with Crippen molar-refractivity contribution >= 4 is 17.6 Å². The van der Waals surface area contributed by atoms with Gasteiger partial charge in [0.2, 0.25) is 0 Å². The van der Waals surface area contributed by atoms with Crippen LogP contribution in [0.1, 0.15) is 23.1 Å². The predicted molar refractivity (Wildman–Crippen MR) is 116 cm³/mol. The number of likely N-dealkylation sites (N-methyl/N-ethyl adjacent to an activating group) is 1. The van der Waals surface area contributed by atoms with E-state index in [1.807, 2.05) is 91.9 Å². The quantitative estimate of drug-likeness (QED) is 0.606. The topological polar surface area (TPSA) is 66.8 Å². The maximum absolute atomic E-state index is 12.9. The summed E-state index contributed by atoms with van der Waals surface area (Å²) in [5.41, 5.74) is 1.89. The fraction of sp³-hybridized carbons (Fsp3) is 0.200. The lowest BCUT2D eigenvalue weighted by atomic mass is 9.83. The number of hydrogen-bond acceptors (Lipinski definition) is 3. The van der Waals surface area contributed by atoms with Crippen LogP contribution >= 0.6 is 0 Å². The largest absolute Gasteiger partial charge is 0.481 e. The number of nitrogens with zero attached hydrogens (tertiary/aromatic N) is 1. The molecule has 0 bridgehead atoms. The summed E-state index contributed by atoms with van der Waals surface area (Å²) in [5.74, 6) is -1.27. The van der Waals surface area contributed by atoms with Gasteiger partial charge >= 0.3 is 5.97 Å². The zero-order valence-electron chi connectivity index (χ0n) is 17.1. The summed E-state index contributed by atoms with van der Waals surface area (Å²) in [4.78, 5) is 26.2. The van der Waals surface area contributed by atoms with E-state index in [1.165, 1.54) is 4.90 Å². The first-order chi connectivity index (χ1) is 14.4. The van der Waals surface area contributed by atoms with Crippen LogP contribution in [0, 0.1) is 6.92 Å². The van der Waals surface area contributed by atoms with E-state index in [0.717, 1.165) is 11.3 Å². The van der Waals surface area contributed by atoms with E-state index in [-0.39, 0.29) is 18.9 Å².